The van der Waals surface area contributed by atoms with Crippen LogP contribution in [0.3, 0.4) is 0 Å². The van der Waals surface area contributed by atoms with E-state index in [1.807, 2.05) is 0 Å². The maximum absolute atomic E-state index is 5.89. The Kier molecular flexibility index (Phi) is 4.75. The molecule has 1 heterocycles. The molecule has 4 nitrogen and oxygen atoms in total. The molecule has 15 heavy (non-hydrogen) atoms. The highest BCUT2D eigenvalue weighted by molar-refractivity contribution is 4.92. The number of nitrogens with zero attached hydrogens (tertiary/aromatic N) is 2. The average Bonchev–Trinajstić information content (AvgIpc) is 2.63. The van der Waals surface area contributed by atoms with Crippen molar-refractivity contribution < 1.29 is 4.52 Å². The molecule has 2 N–H and O–H groups in total. The van der Waals surface area contributed by atoms with Crippen molar-refractivity contribution in [1.29, 1.82) is 0 Å². The maximum Gasteiger partial charge on any atom is 0.226 e. The van der Waals surface area contributed by atoms with Gasteiger partial charge < -0.3 is 10.3 Å². The summed E-state index contributed by atoms with van der Waals surface area (Å²) in [5.41, 5.74) is 5.89. The predicted octanol–water partition coefficient (Wildman–Crippen LogP) is 2.46. The highest BCUT2D eigenvalue weighted by Crippen LogP contribution is 2.13. The predicted molar refractivity (Wildman–Crippen MR) is 59.3 cm³/mol. The molecular formula is C11H21N3O. The van der Waals surface area contributed by atoms with Crippen LogP contribution < -0.4 is 5.73 Å². The molecule has 0 saturated carbocycles. The Balaban J connectivity index is 2.48. The molecule has 0 aromatic carbocycles. The molecule has 1 rings (SSSR count). The smallest absolute Gasteiger partial charge is 0.226 e. The van der Waals surface area contributed by atoms with E-state index in [1.54, 1.807) is 0 Å². The van der Waals surface area contributed by atoms with Gasteiger partial charge in [0.2, 0.25) is 5.89 Å². The Morgan fingerprint density at radius 1 is 1.33 bits per heavy atom. The third-order valence-electron chi connectivity index (χ3n) is 2.35. The fourth-order valence-electron chi connectivity index (χ4n) is 1.37. The summed E-state index contributed by atoms with van der Waals surface area (Å²) in [4.78, 5) is 4.30. The normalized spacial score (nSPS) is 13.4. The second-order valence-electron chi connectivity index (χ2n) is 4.37. The van der Waals surface area contributed by atoms with Gasteiger partial charge in [-0.25, -0.2) is 0 Å². The molecule has 0 aliphatic carbocycles. The zero-order chi connectivity index (χ0) is 11.3. The SMILES string of the molecule is CCCC(N)c1noc(CCC(C)C)n1. The van der Waals surface area contributed by atoms with E-state index in [0.29, 0.717) is 17.6 Å². The van der Waals surface area contributed by atoms with Crippen molar-refractivity contribution >= 4 is 0 Å². The fraction of sp³-hybridized carbons (Fsp3) is 0.818. The van der Waals surface area contributed by atoms with Gasteiger partial charge in [0.15, 0.2) is 5.82 Å². The highest BCUT2D eigenvalue weighted by atomic mass is 16.5. The molecule has 0 radical (unpaired) electrons. The Hall–Kier alpha value is -0.900. The van der Waals surface area contributed by atoms with E-state index in [2.05, 4.69) is 30.9 Å². The van der Waals surface area contributed by atoms with Crippen LogP contribution in [0.25, 0.3) is 0 Å². The Labute approximate surface area is 91.2 Å². The number of hydrogen-bond donors (Lipinski definition) is 1. The van der Waals surface area contributed by atoms with E-state index in [9.17, 15) is 0 Å². The van der Waals surface area contributed by atoms with E-state index in [-0.39, 0.29) is 6.04 Å². The summed E-state index contributed by atoms with van der Waals surface area (Å²) in [6.45, 7) is 6.46. The van der Waals surface area contributed by atoms with Gasteiger partial charge >= 0.3 is 0 Å². The Morgan fingerprint density at radius 2 is 2.07 bits per heavy atom. The van der Waals surface area contributed by atoms with Crippen molar-refractivity contribution in [3.63, 3.8) is 0 Å². The summed E-state index contributed by atoms with van der Waals surface area (Å²) in [7, 11) is 0. The molecule has 4 heteroatoms. The summed E-state index contributed by atoms with van der Waals surface area (Å²) in [5, 5.41) is 3.90. The lowest BCUT2D eigenvalue weighted by molar-refractivity contribution is 0.359. The lowest BCUT2D eigenvalue weighted by Crippen LogP contribution is -2.11. The van der Waals surface area contributed by atoms with Crippen LogP contribution in [0.2, 0.25) is 0 Å². The number of rotatable bonds is 6. The lowest BCUT2D eigenvalue weighted by atomic mass is 10.1. The molecular weight excluding hydrogens is 190 g/mol. The maximum atomic E-state index is 5.89. The van der Waals surface area contributed by atoms with Crippen molar-refractivity contribution in [2.75, 3.05) is 0 Å². The minimum absolute atomic E-state index is 0.0773. The molecule has 0 aliphatic heterocycles. The lowest BCUT2D eigenvalue weighted by Gasteiger charge is -2.02. The first-order valence-corrected chi connectivity index (χ1v) is 5.71. The van der Waals surface area contributed by atoms with Crippen molar-refractivity contribution in [2.24, 2.45) is 11.7 Å². The third kappa shape index (κ3) is 4.00. The van der Waals surface area contributed by atoms with Crippen LogP contribution in [-0.4, -0.2) is 10.1 Å². The molecule has 0 amide bonds. The van der Waals surface area contributed by atoms with Gasteiger partial charge in [0.25, 0.3) is 0 Å². The van der Waals surface area contributed by atoms with Gasteiger partial charge in [-0.15, -0.1) is 0 Å². The van der Waals surface area contributed by atoms with Crippen molar-refractivity contribution in [3.8, 4) is 0 Å². The van der Waals surface area contributed by atoms with E-state index in [1.165, 1.54) is 0 Å². The van der Waals surface area contributed by atoms with Gasteiger partial charge in [-0.1, -0.05) is 32.3 Å². The van der Waals surface area contributed by atoms with E-state index in [0.717, 1.165) is 25.7 Å². The van der Waals surface area contributed by atoms with Gasteiger partial charge in [0.05, 0.1) is 6.04 Å². The van der Waals surface area contributed by atoms with Crippen molar-refractivity contribution in [1.82, 2.24) is 10.1 Å². The zero-order valence-corrected chi connectivity index (χ0v) is 9.86. The number of hydrogen-bond acceptors (Lipinski definition) is 4. The summed E-state index contributed by atoms with van der Waals surface area (Å²) >= 11 is 0. The van der Waals surface area contributed by atoms with E-state index >= 15 is 0 Å². The van der Waals surface area contributed by atoms with Crippen molar-refractivity contribution in [2.45, 2.75) is 52.5 Å². The molecule has 1 atom stereocenters. The van der Waals surface area contributed by atoms with Crippen LogP contribution in [0.15, 0.2) is 4.52 Å². The number of aromatic nitrogens is 2. The first-order chi connectivity index (χ1) is 7.13. The van der Waals surface area contributed by atoms with Gasteiger partial charge in [0, 0.05) is 6.42 Å². The fourth-order valence-corrected chi connectivity index (χ4v) is 1.37. The summed E-state index contributed by atoms with van der Waals surface area (Å²) < 4.78 is 5.14. The molecule has 0 spiro atoms. The zero-order valence-electron chi connectivity index (χ0n) is 9.86. The van der Waals surface area contributed by atoms with Crippen LogP contribution >= 0.6 is 0 Å². The molecule has 1 aromatic rings. The molecule has 0 aliphatic rings. The van der Waals surface area contributed by atoms with Gasteiger partial charge in [0.1, 0.15) is 0 Å². The molecule has 86 valence electrons. The first-order valence-electron chi connectivity index (χ1n) is 5.71. The summed E-state index contributed by atoms with van der Waals surface area (Å²) in [6.07, 6.45) is 3.87. The first kappa shape index (κ1) is 12.2. The van der Waals surface area contributed by atoms with Crippen molar-refractivity contribution in [3.05, 3.63) is 11.7 Å². The monoisotopic (exact) mass is 211 g/mol. The summed E-state index contributed by atoms with van der Waals surface area (Å²) in [6, 6.07) is -0.0773. The molecule has 0 saturated heterocycles. The largest absolute Gasteiger partial charge is 0.339 e. The Bertz CT molecular complexity index is 283. The quantitative estimate of drug-likeness (QED) is 0.785. The van der Waals surface area contributed by atoms with Gasteiger partial charge in [-0.05, 0) is 18.8 Å². The van der Waals surface area contributed by atoms with Crippen LogP contribution in [-0.2, 0) is 6.42 Å². The van der Waals surface area contributed by atoms with E-state index < -0.39 is 0 Å². The molecule has 1 aromatic heterocycles. The molecule has 1 unspecified atom stereocenters. The Morgan fingerprint density at radius 3 is 2.67 bits per heavy atom. The highest BCUT2D eigenvalue weighted by Gasteiger charge is 2.13. The summed E-state index contributed by atoms with van der Waals surface area (Å²) in [5.74, 6) is 2.02. The van der Waals surface area contributed by atoms with Crippen LogP contribution in [0.4, 0.5) is 0 Å². The molecule has 0 bridgehead atoms. The molecule has 0 fully saturated rings. The van der Waals surface area contributed by atoms with Crippen LogP contribution in [0.5, 0.6) is 0 Å². The van der Waals surface area contributed by atoms with Gasteiger partial charge in [-0.2, -0.15) is 4.98 Å². The second-order valence-corrected chi connectivity index (χ2v) is 4.37. The topological polar surface area (TPSA) is 64.9 Å². The number of aryl methyl sites for hydroxylation is 1. The minimum Gasteiger partial charge on any atom is -0.339 e. The average molecular weight is 211 g/mol. The van der Waals surface area contributed by atoms with Gasteiger partial charge in [-0.3, -0.25) is 0 Å². The van der Waals surface area contributed by atoms with E-state index in [4.69, 9.17) is 10.3 Å². The minimum atomic E-state index is -0.0773. The number of nitrogens with two attached hydrogens (primary N) is 1. The second kappa shape index (κ2) is 5.85. The van der Waals surface area contributed by atoms with Crippen LogP contribution in [0, 0.1) is 5.92 Å². The van der Waals surface area contributed by atoms with Crippen LogP contribution in [0.1, 0.15) is 57.8 Å². The third-order valence-corrected chi connectivity index (χ3v) is 2.35. The standard InChI is InChI=1S/C11H21N3O/c1-4-5-9(12)11-13-10(15-14-11)7-6-8(2)3/h8-9H,4-7,12H2,1-3H3.